The van der Waals surface area contributed by atoms with Gasteiger partial charge >= 0.3 is 5.97 Å². The number of benzene rings is 1. The molecule has 3 aromatic heterocycles. The van der Waals surface area contributed by atoms with Gasteiger partial charge in [0, 0.05) is 29.7 Å². The molecule has 4 rings (SSSR count). The number of rotatable bonds is 6. The van der Waals surface area contributed by atoms with Gasteiger partial charge in [-0.25, -0.2) is 9.67 Å². The maximum Gasteiger partial charge on any atom is 0.306 e. The topological polar surface area (TPSA) is 69.9 Å². The number of hydrogen-bond acceptors (Lipinski definition) is 6. The van der Waals surface area contributed by atoms with Gasteiger partial charge in [-0.2, -0.15) is 0 Å². The van der Waals surface area contributed by atoms with Crippen molar-refractivity contribution < 1.29 is 9.53 Å². The van der Waals surface area contributed by atoms with E-state index in [9.17, 15) is 4.79 Å². The van der Waals surface area contributed by atoms with Crippen LogP contribution in [0.5, 0.6) is 0 Å². The van der Waals surface area contributed by atoms with Crippen molar-refractivity contribution in [3.05, 3.63) is 52.0 Å². The molecule has 150 valence electrons. The zero-order chi connectivity index (χ0) is 20.5. The molecule has 0 aliphatic rings. The molecule has 1 atom stereocenters. The quantitative estimate of drug-likeness (QED) is 0.328. The number of alkyl halides is 1. The molecular formula is C21H21ClN4O2S. The fraction of sp³-hybridized carbons (Fsp3) is 0.333. The van der Waals surface area contributed by atoms with Crippen molar-refractivity contribution >= 4 is 50.2 Å². The molecule has 0 radical (unpaired) electrons. The molecule has 0 N–H and O–H groups in total. The van der Waals surface area contributed by atoms with E-state index in [1.807, 2.05) is 27.1 Å². The van der Waals surface area contributed by atoms with Crippen LogP contribution in [0.15, 0.2) is 29.8 Å². The monoisotopic (exact) mass is 428 g/mol. The smallest absolute Gasteiger partial charge is 0.306 e. The Morgan fingerprint density at radius 1 is 1.38 bits per heavy atom. The minimum Gasteiger partial charge on any atom is -0.466 e. The fourth-order valence-electron chi connectivity index (χ4n) is 3.73. The number of aryl methyl sites for hydroxylation is 2. The second-order valence-corrected chi connectivity index (χ2v) is 8.12. The first-order valence-corrected chi connectivity index (χ1v) is 10.8. The van der Waals surface area contributed by atoms with Gasteiger partial charge < -0.3 is 4.74 Å². The van der Waals surface area contributed by atoms with Crippen LogP contribution in [0, 0.1) is 6.92 Å². The SMILES string of the molecule is CCOC(=O)CC(c1cc(CCl)c2sccc2c1)c1cnc2c(nnn2C)c1C. The first kappa shape index (κ1) is 19.8. The van der Waals surface area contributed by atoms with Crippen LogP contribution in [0.3, 0.4) is 0 Å². The standard InChI is InChI=1S/C21H21ClN4O2S/c1-4-28-18(27)9-16(14-7-13-5-6-29-20(13)15(8-14)10-22)17-11-23-21-19(12(17)2)24-25-26(21)3/h5-8,11,16H,4,9-10H2,1-3H3. The van der Waals surface area contributed by atoms with Crippen LogP contribution in [-0.2, 0) is 22.5 Å². The summed E-state index contributed by atoms with van der Waals surface area (Å²) in [7, 11) is 1.81. The average molecular weight is 429 g/mol. The lowest BCUT2D eigenvalue weighted by Gasteiger charge is -2.20. The summed E-state index contributed by atoms with van der Waals surface area (Å²) in [4.78, 5) is 17.0. The first-order chi connectivity index (χ1) is 14.0. The maximum atomic E-state index is 12.4. The number of nitrogens with zero attached hydrogens (tertiary/aromatic N) is 4. The van der Waals surface area contributed by atoms with E-state index in [4.69, 9.17) is 16.3 Å². The Hall–Kier alpha value is -2.51. The van der Waals surface area contributed by atoms with Crippen molar-refractivity contribution in [2.45, 2.75) is 32.1 Å². The summed E-state index contributed by atoms with van der Waals surface area (Å²) in [5.41, 5.74) is 5.46. The summed E-state index contributed by atoms with van der Waals surface area (Å²) >= 11 is 7.91. The van der Waals surface area contributed by atoms with Gasteiger partial charge in [0.25, 0.3) is 0 Å². The summed E-state index contributed by atoms with van der Waals surface area (Å²) in [5, 5.41) is 11.5. The molecule has 4 aromatic rings. The van der Waals surface area contributed by atoms with Gasteiger partial charge in [-0.05, 0) is 59.0 Å². The van der Waals surface area contributed by atoms with Crippen LogP contribution in [0.4, 0.5) is 0 Å². The van der Waals surface area contributed by atoms with Crippen LogP contribution in [0.2, 0.25) is 0 Å². The zero-order valence-corrected chi connectivity index (χ0v) is 18.0. The number of esters is 1. The highest BCUT2D eigenvalue weighted by Crippen LogP contribution is 2.37. The molecule has 8 heteroatoms. The van der Waals surface area contributed by atoms with Gasteiger partial charge in [-0.15, -0.1) is 28.0 Å². The minimum atomic E-state index is -0.242. The van der Waals surface area contributed by atoms with Gasteiger partial charge in [0.2, 0.25) is 0 Å². The van der Waals surface area contributed by atoms with E-state index >= 15 is 0 Å². The first-order valence-electron chi connectivity index (χ1n) is 9.40. The number of halogens is 1. The Labute approximate surface area is 177 Å². The third-order valence-electron chi connectivity index (χ3n) is 5.16. The number of pyridine rings is 1. The molecule has 0 spiro atoms. The molecule has 3 heterocycles. The van der Waals surface area contributed by atoms with E-state index in [1.165, 1.54) is 4.70 Å². The van der Waals surface area contributed by atoms with Crippen molar-refractivity contribution in [1.29, 1.82) is 0 Å². The van der Waals surface area contributed by atoms with E-state index < -0.39 is 0 Å². The Kier molecular flexibility index (Phi) is 5.52. The molecule has 1 unspecified atom stereocenters. The Balaban J connectivity index is 1.88. The van der Waals surface area contributed by atoms with E-state index in [0.29, 0.717) is 12.5 Å². The Morgan fingerprint density at radius 3 is 2.97 bits per heavy atom. The lowest BCUT2D eigenvalue weighted by atomic mass is 9.85. The van der Waals surface area contributed by atoms with Crippen LogP contribution in [0.25, 0.3) is 21.3 Å². The Morgan fingerprint density at radius 2 is 2.21 bits per heavy atom. The third-order valence-corrected chi connectivity index (χ3v) is 6.45. The van der Waals surface area contributed by atoms with E-state index in [2.05, 4.69) is 38.9 Å². The van der Waals surface area contributed by atoms with Crippen molar-refractivity contribution in [2.75, 3.05) is 6.61 Å². The van der Waals surface area contributed by atoms with Gasteiger partial charge in [0.15, 0.2) is 5.65 Å². The van der Waals surface area contributed by atoms with Crippen LogP contribution >= 0.6 is 22.9 Å². The normalized spacial score (nSPS) is 12.6. The number of hydrogen-bond donors (Lipinski definition) is 0. The van der Waals surface area contributed by atoms with E-state index in [-0.39, 0.29) is 18.3 Å². The van der Waals surface area contributed by atoms with Gasteiger partial charge in [0.05, 0.1) is 13.0 Å². The molecule has 0 saturated carbocycles. The van der Waals surface area contributed by atoms with Crippen LogP contribution in [-0.4, -0.2) is 32.6 Å². The predicted molar refractivity (Wildman–Crippen MR) is 116 cm³/mol. The highest BCUT2D eigenvalue weighted by Gasteiger charge is 2.24. The lowest BCUT2D eigenvalue weighted by molar-refractivity contribution is -0.143. The average Bonchev–Trinajstić information content (AvgIpc) is 3.33. The number of ether oxygens (including phenoxy) is 1. The highest BCUT2D eigenvalue weighted by molar-refractivity contribution is 7.17. The molecule has 0 aliphatic heterocycles. The van der Waals surface area contributed by atoms with Crippen molar-refractivity contribution in [1.82, 2.24) is 20.0 Å². The summed E-state index contributed by atoms with van der Waals surface area (Å²) in [6.45, 7) is 4.16. The molecule has 0 amide bonds. The number of carbonyl (C=O) groups is 1. The van der Waals surface area contributed by atoms with E-state index in [0.717, 1.165) is 38.8 Å². The molecular weight excluding hydrogens is 408 g/mol. The largest absolute Gasteiger partial charge is 0.466 e. The van der Waals surface area contributed by atoms with Crippen LogP contribution in [0.1, 0.15) is 41.5 Å². The maximum absolute atomic E-state index is 12.4. The van der Waals surface area contributed by atoms with Gasteiger partial charge in [0.1, 0.15) is 5.52 Å². The molecule has 6 nitrogen and oxygen atoms in total. The molecule has 0 aliphatic carbocycles. The summed E-state index contributed by atoms with van der Waals surface area (Å²) in [5.74, 6) is -0.0366. The fourth-order valence-corrected chi connectivity index (χ4v) is 4.92. The molecule has 0 saturated heterocycles. The molecule has 0 fully saturated rings. The number of carbonyl (C=O) groups excluding carboxylic acids is 1. The molecule has 29 heavy (non-hydrogen) atoms. The second kappa shape index (κ2) is 8.08. The van der Waals surface area contributed by atoms with Crippen LogP contribution < -0.4 is 0 Å². The molecule has 1 aromatic carbocycles. The second-order valence-electron chi connectivity index (χ2n) is 6.94. The Bertz CT molecular complexity index is 1200. The van der Waals surface area contributed by atoms with Gasteiger partial charge in [-0.1, -0.05) is 11.3 Å². The third kappa shape index (κ3) is 3.60. The lowest BCUT2D eigenvalue weighted by Crippen LogP contribution is -2.13. The predicted octanol–water partition coefficient (Wildman–Crippen LogP) is 4.71. The van der Waals surface area contributed by atoms with Gasteiger partial charge in [-0.3, -0.25) is 4.79 Å². The summed E-state index contributed by atoms with van der Waals surface area (Å²) < 4.78 is 8.09. The minimum absolute atomic E-state index is 0.209. The molecule has 0 bridgehead atoms. The number of thiophene rings is 1. The highest BCUT2D eigenvalue weighted by atomic mass is 35.5. The van der Waals surface area contributed by atoms with E-state index in [1.54, 1.807) is 16.0 Å². The number of aromatic nitrogens is 4. The van der Waals surface area contributed by atoms with Crippen molar-refractivity contribution in [2.24, 2.45) is 7.05 Å². The van der Waals surface area contributed by atoms with Crippen molar-refractivity contribution in [3.8, 4) is 0 Å². The summed E-state index contributed by atoms with van der Waals surface area (Å²) in [6.07, 6.45) is 2.04. The van der Waals surface area contributed by atoms with Crippen molar-refractivity contribution in [3.63, 3.8) is 0 Å². The zero-order valence-electron chi connectivity index (χ0n) is 16.5. The number of fused-ring (bicyclic) bond motifs is 2. The summed E-state index contributed by atoms with van der Waals surface area (Å²) in [6, 6.07) is 6.31.